The standard InChI is InChI=1S/C15H19N5O/c21-15(19-9-4-7-16-8-10-19)14-12-20(18-17-14)11-13-5-2-1-3-6-13/h1-3,5-6,12,16H,4,7-11H2. The fourth-order valence-corrected chi connectivity index (χ4v) is 2.45. The summed E-state index contributed by atoms with van der Waals surface area (Å²) in [6.07, 6.45) is 2.71. The quantitative estimate of drug-likeness (QED) is 0.904. The molecular formula is C15H19N5O. The van der Waals surface area contributed by atoms with Gasteiger partial charge in [0.25, 0.3) is 5.91 Å². The Hall–Kier alpha value is -2.21. The Bertz CT molecular complexity index is 587. The second kappa shape index (κ2) is 6.49. The second-order valence-corrected chi connectivity index (χ2v) is 5.18. The van der Waals surface area contributed by atoms with Gasteiger partial charge in [0.1, 0.15) is 0 Å². The number of nitrogens with zero attached hydrogens (tertiary/aromatic N) is 4. The number of amides is 1. The molecule has 0 saturated carbocycles. The van der Waals surface area contributed by atoms with Crippen molar-refractivity contribution in [2.45, 2.75) is 13.0 Å². The molecule has 0 radical (unpaired) electrons. The summed E-state index contributed by atoms with van der Waals surface area (Å²) in [4.78, 5) is 14.2. The Morgan fingerprint density at radius 2 is 2.05 bits per heavy atom. The Kier molecular flexibility index (Phi) is 4.25. The van der Waals surface area contributed by atoms with Crippen molar-refractivity contribution in [1.29, 1.82) is 0 Å². The molecule has 3 rings (SSSR count). The van der Waals surface area contributed by atoms with Crippen molar-refractivity contribution in [3.8, 4) is 0 Å². The van der Waals surface area contributed by atoms with Crippen molar-refractivity contribution in [2.24, 2.45) is 0 Å². The predicted octanol–water partition coefficient (Wildman–Crippen LogP) is 0.762. The van der Waals surface area contributed by atoms with Gasteiger partial charge in [-0.1, -0.05) is 35.5 Å². The maximum Gasteiger partial charge on any atom is 0.276 e. The average molecular weight is 285 g/mol. The summed E-state index contributed by atoms with van der Waals surface area (Å²) in [6.45, 7) is 3.93. The Labute approximate surface area is 123 Å². The Balaban J connectivity index is 1.67. The van der Waals surface area contributed by atoms with Crippen molar-refractivity contribution in [3.63, 3.8) is 0 Å². The van der Waals surface area contributed by atoms with E-state index in [2.05, 4.69) is 15.6 Å². The minimum absolute atomic E-state index is 0.0296. The molecule has 1 aromatic heterocycles. The molecule has 1 aliphatic rings. The first-order chi connectivity index (χ1) is 10.3. The summed E-state index contributed by atoms with van der Waals surface area (Å²) >= 11 is 0. The van der Waals surface area contributed by atoms with Crippen molar-refractivity contribution >= 4 is 5.91 Å². The molecule has 2 aromatic rings. The second-order valence-electron chi connectivity index (χ2n) is 5.18. The molecule has 110 valence electrons. The summed E-state index contributed by atoms with van der Waals surface area (Å²) in [7, 11) is 0. The maximum atomic E-state index is 12.4. The number of carbonyl (C=O) groups excluding carboxylic acids is 1. The highest BCUT2D eigenvalue weighted by molar-refractivity contribution is 5.91. The first-order valence-electron chi connectivity index (χ1n) is 7.27. The van der Waals surface area contributed by atoms with Crippen LogP contribution in [0.5, 0.6) is 0 Å². The van der Waals surface area contributed by atoms with Crippen LogP contribution in [0, 0.1) is 0 Å². The largest absolute Gasteiger partial charge is 0.336 e. The first kappa shape index (κ1) is 13.8. The molecule has 0 unspecified atom stereocenters. The van der Waals surface area contributed by atoms with Gasteiger partial charge in [0, 0.05) is 19.6 Å². The van der Waals surface area contributed by atoms with Crippen LogP contribution in [-0.2, 0) is 6.54 Å². The summed E-state index contributed by atoms with van der Waals surface area (Å²) in [5, 5.41) is 11.4. The fraction of sp³-hybridized carbons (Fsp3) is 0.400. The van der Waals surface area contributed by atoms with E-state index < -0.39 is 0 Å². The van der Waals surface area contributed by atoms with Gasteiger partial charge in [-0.15, -0.1) is 5.10 Å². The van der Waals surface area contributed by atoms with E-state index in [9.17, 15) is 4.79 Å². The van der Waals surface area contributed by atoms with E-state index in [1.807, 2.05) is 35.2 Å². The van der Waals surface area contributed by atoms with Gasteiger partial charge >= 0.3 is 0 Å². The molecule has 1 saturated heterocycles. The van der Waals surface area contributed by atoms with Gasteiger partial charge in [-0.05, 0) is 18.5 Å². The Morgan fingerprint density at radius 3 is 2.90 bits per heavy atom. The van der Waals surface area contributed by atoms with E-state index in [1.165, 1.54) is 0 Å². The normalized spacial score (nSPS) is 15.7. The minimum atomic E-state index is -0.0296. The lowest BCUT2D eigenvalue weighted by Crippen LogP contribution is -2.34. The molecule has 0 aliphatic carbocycles. The van der Waals surface area contributed by atoms with Crippen LogP contribution in [-0.4, -0.2) is 52.0 Å². The van der Waals surface area contributed by atoms with E-state index in [0.717, 1.165) is 38.2 Å². The van der Waals surface area contributed by atoms with Crippen LogP contribution in [0.1, 0.15) is 22.5 Å². The molecule has 2 heterocycles. The lowest BCUT2D eigenvalue weighted by molar-refractivity contribution is 0.0760. The zero-order valence-electron chi connectivity index (χ0n) is 11.9. The number of carbonyl (C=O) groups is 1. The minimum Gasteiger partial charge on any atom is -0.336 e. The summed E-state index contributed by atoms with van der Waals surface area (Å²) in [6, 6.07) is 10.0. The lowest BCUT2D eigenvalue weighted by atomic mass is 10.2. The lowest BCUT2D eigenvalue weighted by Gasteiger charge is -2.18. The van der Waals surface area contributed by atoms with Crippen LogP contribution in [0.15, 0.2) is 36.5 Å². The molecule has 1 fully saturated rings. The molecule has 6 heteroatoms. The smallest absolute Gasteiger partial charge is 0.276 e. The van der Waals surface area contributed by atoms with Crippen LogP contribution in [0.3, 0.4) is 0 Å². The van der Waals surface area contributed by atoms with E-state index in [0.29, 0.717) is 12.2 Å². The van der Waals surface area contributed by atoms with Gasteiger partial charge in [-0.3, -0.25) is 4.79 Å². The van der Waals surface area contributed by atoms with E-state index >= 15 is 0 Å². The van der Waals surface area contributed by atoms with Gasteiger partial charge in [0.05, 0.1) is 12.7 Å². The number of rotatable bonds is 3. The molecule has 1 amide bonds. The van der Waals surface area contributed by atoms with Gasteiger partial charge in [0.2, 0.25) is 0 Å². The number of hydrogen-bond donors (Lipinski definition) is 1. The van der Waals surface area contributed by atoms with Gasteiger partial charge in [0.15, 0.2) is 5.69 Å². The van der Waals surface area contributed by atoms with E-state index in [4.69, 9.17) is 0 Å². The molecule has 1 aromatic carbocycles. The highest BCUT2D eigenvalue weighted by Crippen LogP contribution is 2.06. The number of hydrogen-bond acceptors (Lipinski definition) is 4. The van der Waals surface area contributed by atoms with Crippen molar-refractivity contribution in [3.05, 3.63) is 47.8 Å². The third kappa shape index (κ3) is 3.46. The molecule has 0 spiro atoms. The third-order valence-electron chi connectivity index (χ3n) is 3.57. The SMILES string of the molecule is O=C(c1cn(Cc2ccccc2)nn1)N1CCCNCC1. The van der Waals surface area contributed by atoms with E-state index in [1.54, 1.807) is 10.9 Å². The molecule has 1 aliphatic heterocycles. The summed E-state index contributed by atoms with van der Waals surface area (Å²) in [5.74, 6) is -0.0296. The van der Waals surface area contributed by atoms with Crippen molar-refractivity contribution in [1.82, 2.24) is 25.2 Å². The molecule has 1 N–H and O–H groups in total. The van der Waals surface area contributed by atoms with Gasteiger partial charge < -0.3 is 10.2 Å². The molecule has 0 atom stereocenters. The first-order valence-corrected chi connectivity index (χ1v) is 7.27. The van der Waals surface area contributed by atoms with Crippen LogP contribution in [0.25, 0.3) is 0 Å². The molecule has 0 bridgehead atoms. The fourth-order valence-electron chi connectivity index (χ4n) is 2.45. The Morgan fingerprint density at radius 1 is 1.19 bits per heavy atom. The third-order valence-corrected chi connectivity index (χ3v) is 3.57. The van der Waals surface area contributed by atoms with Crippen LogP contribution in [0.4, 0.5) is 0 Å². The summed E-state index contributed by atoms with van der Waals surface area (Å²) < 4.78 is 1.71. The maximum absolute atomic E-state index is 12.4. The highest BCUT2D eigenvalue weighted by atomic mass is 16.2. The zero-order valence-corrected chi connectivity index (χ0v) is 11.9. The topological polar surface area (TPSA) is 63.1 Å². The van der Waals surface area contributed by atoms with Crippen LogP contribution in [0.2, 0.25) is 0 Å². The van der Waals surface area contributed by atoms with Gasteiger partial charge in [-0.2, -0.15) is 0 Å². The van der Waals surface area contributed by atoms with Crippen molar-refractivity contribution in [2.75, 3.05) is 26.2 Å². The van der Waals surface area contributed by atoms with Gasteiger partial charge in [-0.25, -0.2) is 4.68 Å². The van der Waals surface area contributed by atoms with E-state index in [-0.39, 0.29) is 5.91 Å². The number of benzene rings is 1. The van der Waals surface area contributed by atoms with Crippen molar-refractivity contribution < 1.29 is 4.79 Å². The summed E-state index contributed by atoms with van der Waals surface area (Å²) in [5.41, 5.74) is 1.56. The average Bonchev–Trinajstić information content (AvgIpc) is 2.81. The molecule has 21 heavy (non-hydrogen) atoms. The van der Waals surface area contributed by atoms with Crippen LogP contribution < -0.4 is 5.32 Å². The predicted molar refractivity (Wildman–Crippen MR) is 79.0 cm³/mol. The monoisotopic (exact) mass is 285 g/mol. The highest BCUT2D eigenvalue weighted by Gasteiger charge is 2.19. The number of aromatic nitrogens is 3. The molecule has 6 nitrogen and oxygen atoms in total. The zero-order chi connectivity index (χ0) is 14.5. The molecular weight excluding hydrogens is 266 g/mol. The van der Waals surface area contributed by atoms with Crippen LogP contribution >= 0.6 is 0 Å². The number of nitrogens with one attached hydrogen (secondary N) is 1.